The highest BCUT2D eigenvalue weighted by Crippen LogP contribution is 2.49. The molecule has 0 spiro atoms. The van der Waals surface area contributed by atoms with Gasteiger partial charge in [-0.1, -0.05) is 19.3 Å². The summed E-state index contributed by atoms with van der Waals surface area (Å²) in [5.74, 6) is -0.581. The Balaban J connectivity index is 2.31. The van der Waals surface area contributed by atoms with E-state index in [4.69, 9.17) is 4.74 Å². The lowest BCUT2D eigenvalue weighted by Crippen LogP contribution is -2.47. The largest absolute Gasteiger partial charge is 0.466 e. The maximum atomic E-state index is 12.5. The van der Waals surface area contributed by atoms with Gasteiger partial charge in [-0.05, 0) is 38.5 Å². The molecule has 110 valence electrons. The number of ketones is 1. The monoisotopic (exact) mass is 277 g/mol. The van der Waals surface area contributed by atoms with Gasteiger partial charge < -0.3 is 4.74 Å². The summed E-state index contributed by atoms with van der Waals surface area (Å²) in [6, 6.07) is 2.31. The highest BCUT2D eigenvalue weighted by atomic mass is 16.5. The fourth-order valence-corrected chi connectivity index (χ4v) is 3.91. The van der Waals surface area contributed by atoms with Crippen LogP contribution in [0.4, 0.5) is 0 Å². The van der Waals surface area contributed by atoms with Crippen molar-refractivity contribution in [2.45, 2.75) is 58.3 Å². The average Bonchev–Trinajstić information content (AvgIpc) is 2.44. The first-order chi connectivity index (χ1) is 9.65. The maximum absolute atomic E-state index is 12.5. The molecule has 2 aliphatic carbocycles. The molecule has 0 aliphatic heterocycles. The van der Waals surface area contributed by atoms with Crippen LogP contribution >= 0.6 is 0 Å². The Hall–Kier alpha value is -1.37. The molecule has 0 amide bonds. The summed E-state index contributed by atoms with van der Waals surface area (Å²) in [6.07, 6.45) is 6.29. The van der Waals surface area contributed by atoms with Crippen LogP contribution in [0.15, 0.2) is 0 Å². The van der Waals surface area contributed by atoms with Crippen molar-refractivity contribution in [2.24, 2.45) is 17.3 Å². The van der Waals surface area contributed by atoms with E-state index in [0.717, 1.165) is 38.5 Å². The minimum atomic E-state index is -0.934. The molecular formula is C16H23NO3. The van der Waals surface area contributed by atoms with Crippen LogP contribution in [0.3, 0.4) is 0 Å². The van der Waals surface area contributed by atoms with Crippen molar-refractivity contribution >= 4 is 11.8 Å². The molecule has 2 rings (SSSR count). The van der Waals surface area contributed by atoms with Crippen molar-refractivity contribution in [3.8, 4) is 6.07 Å². The van der Waals surface area contributed by atoms with E-state index in [9.17, 15) is 14.9 Å². The lowest BCUT2D eigenvalue weighted by molar-refractivity contribution is -0.155. The molecule has 4 heteroatoms. The number of esters is 1. The van der Waals surface area contributed by atoms with Crippen molar-refractivity contribution in [1.29, 1.82) is 5.26 Å². The lowest BCUT2D eigenvalue weighted by Gasteiger charge is -2.43. The van der Waals surface area contributed by atoms with Gasteiger partial charge >= 0.3 is 5.97 Å². The molecule has 2 fully saturated rings. The van der Waals surface area contributed by atoms with E-state index >= 15 is 0 Å². The molecule has 0 aromatic carbocycles. The highest BCUT2D eigenvalue weighted by Gasteiger charge is 2.53. The van der Waals surface area contributed by atoms with Crippen LogP contribution in [-0.2, 0) is 14.3 Å². The quantitative estimate of drug-likeness (QED) is 0.728. The SMILES string of the molecule is CCOC(=O)[C@H]1CCC[C@@]2(C#N)C(=O)CCCCC[C@H]12. The summed E-state index contributed by atoms with van der Waals surface area (Å²) >= 11 is 0. The molecule has 3 atom stereocenters. The second-order valence-corrected chi connectivity index (χ2v) is 5.96. The van der Waals surface area contributed by atoms with Crippen molar-refractivity contribution in [3.63, 3.8) is 0 Å². The van der Waals surface area contributed by atoms with Gasteiger partial charge in [0.15, 0.2) is 5.78 Å². The van der Waals surface area contributed by atoms with Gasteiger partial charge in [-0.15, -0.1) is 0 Å². The van der Waals surface area contributed by atoms with Crippen LogP contribution in [0.1, 0.15) is 58.3 Å². The number of hydrogen-bond donors (Lipinski definition) is 0. The Labute approximate surface area is 120 Å². The van der Waals surface area contributed by atoms with Crippen LogP contribution < -0.4 is 0 Å². The van der Waals surface area contributed by atoms with Crippen LogP contribution in [0.25, 0.3) is 0 Å². The Bertz CT molecular complexity index is 426. The van der Waals surface area contributed by atoms with Crippen LogP contribution in [-0.4, -0.2) is 18.4 Å². The molecule has 0 heterocycles. The highest BCUT2D eigenvalue weighted by molar-refractivity contribution is 5.89. The van der Waals surface area contributed by atoms with Crippen LogP contribution in [0.5, 0.6) is 0 Å². The first-order valence-electron chi connectivity index (χ1n) is 7.77. The summed E-state index contributed by atoms with van der Waals surface area (Å²) in [4.78, 5) is 24.7. The first kappa shape index (κ1) is 15.0. The normalized spacial score (nSPS) is 34.3. The molecule has 0 N–H and O–H groups in total. The van der Waals surface area contributed by atoms with E-state index in [1.165, 1.54) is 0 Å². The summed E-state index contributed by atoms with van der Waals surface area (Å²) in [5.41, 5.74) is -0.934. The predicted molar refractivity (Wildman–Crippen MR) is 73.6 cm³/mol. The smallest absolute Gasteiger partial charge is 0.309 e. The number of ether oxygens (including phenoxy) is 1. The van der Waals surface area contributed by atoms with E-state index in [-0.39, 0.29) is 23.6 Å². The molecule has 0 saturated heterocycles. The Morgan fingerprint density at radius 3 is 2.85 bits per heavy atom. The zero-order valence-electron chi connectivity index (χ0n) is 12.2. The van der Waals surface area contributed by atoms with E-state index < -0.39 is 5.41 Å². The van der Waals surface area contributed by atoms with Crippen molar-refractivity contribution in [3.05, 3.63) is 0 Å². The molecule has 20 heavy (non-hydrogen) atoms. The van der Waals surface area contributed by atoms with Gasteiger partial charge in [0.2, 0.25) is 0 Å². The maximum Gasteiger partial charge on any atom is 0.309 e. The molecular weight excluding hydrogens is 254 g/mol. The second-order valence-electron chi connectivity index (χ2n) is 5.96. The number of carbonyl (C=O) groups is 2. The van der Waals surface area contributed by atoms with Gasteiger partial charge in [-0.2, -0.15) is 5.26 Å². The van der Waals surface area contributed by atoms with Crippen molar-refractivity contribution < 1.29 is 14.3 Å². The third kappa shape index (κ3) is 2.59. The minimum Gasteiger partial charge on any atom is -0.466 e. The summed E-state index contributed by atoms with van der Waals surface area (Å²) in [6.45, 7) is 2.15. The van der Waals surface area contributed by atoms with Gasteiger partial charge in [0.1, 0.15) is 5.41 Å². The minimum absolute atomic E-state index is 0.0544. The summed E-state index contributed by atoms with van der Waals surface area (Å²) in [5, 5.41) is 9.67. The van der Waals surface area contributed by atoms with Gasteiger partial charge in [0.05, 0.1) is 18.6 Å². The number of carbonyl (C=O) groups excluding carboxylic acids is 2. The van der Waals surface area contributed by atoms with E-state index in [2.05, 4.69) is 6.07 Å². The summed E-state index contributed by atoms with van der Waals surface area (Å²) in [7, 11) is 0. The average molecular weight is 277 g/mol. The van der Waals surface area contributed by atoms with E-state index in [1.807, 2.05) is 0 Å². The van der Waals surface area contributed by atoms with Gasteiger partial charge in [-0.3, -0.25) is 9.59 Å². The van der Waals surface area contributed by atoms with Crippen molar-refractivity contribution in [2.75, 3.05) is 6.61 Å². The third-order valence-electron chi connectivity index (χ3n) is 4.91. The Morgan fingerprint density at radius 2 is 2.15 bits per heavy atom. The molecule has 0 aromatic rings. The molecule has 0 aromatic heterocycles. The number of nitriles is 1. The van der Waals surface area contributed by atoms with Gasteiger partial charge in [0, 0.05) is 6.42 Å². The molecule has 0 radical (unpaired) electrons. The third-order valence-corrected chi connectivity index (χ3v) is 4.91. The fourth-order valence-electron chi connectivity index (χ4n) is 3.91. The predicted octanol–water partition coefficient (Wildman–Crippen LogP) is 3.01. The zero-order valence-corrected chi connectivity index (χ0v) is 12.2. The van der Waals surface area contributed by atoms with Crippen LogP contribution in [0.2, 0.25) is 0 Å². The number of hydrogen-bond acceptors (Lipinski definition) is 4. The van der Waals surface area contributed by atoms with Crippen LogP contribution in [0, 0.1) is 28.6 Å². The standard InChI is InChI=1S/C16H23NO3/c1-2-20-15(19)12-7-6-10-16(11-17)13(12)8-4-3-5-9-14(16)18/h12-13H,2-10H2,1H3/t12-,13+,16-/m0/s1. The lowest BCUT2D eigenvalue weighted by atomic mass is 9.57. The number of nitrogens with zero attached hydrogens (tertiary/aromatic N) is 1. The number of Topliss-reactive ketones (excluding diaryl/α,β-unsaturated/α-hetero) is 1. The van der Waals surface area contributed by atoms with Gasteiger partial charge in [-0.25, -0.2) is 0 Å². The topological polar surface area (TPSA) is 67.2 Å². The molecule has 4 nitrogen and oxygen atoms in total. The molecule has 0 bridgehead atoms. The molecule has 2 aliphatic rings. The Morgan fingerprint density at radius 1 is 1.35 bits per heavy atom. The van der Waals surface area contributed by atoms with Crippen molar-refractivity contribution in [1.82, 2.24) is 0 Å². The number of fused-ring (bicyclic) bond motifs is 1. The van der Waals surface area contributed by atoms with E-state index in [1.54, 1.807) is 6.92 Å². The number of rotatable bonds is 2. The van der Waals surface area contributed by atoms with E-state index in [0.29, 0.717) is 19.4 Å². The summed E-state index contributed by atoms with van der Waals surface area (Å²) < 4.78 is 5.17. The fraction of sp³-hybridized carbons (Fsp3) is 0.812. The first-order valence-corrected chi connectivity index (χ1v) is 7.77. The second kappa shape index (κ2) is 6.39. The zero-order chi connectivity index (χ0) is 14.6. The van der Waals surface area contributed by atoms with Gasteiger partial charge in [0.25, 0.3) is 0 Å². The molecule has 0 unspecified atom stereocenters. The molecule has 2 saturated carbocycles. The Kier molecular flexibility index (Phi) is 4.80.